The summed E-state index contributed by atoms with van der Waals surface area (Å²) in [5, 5.41) is 7.16. The van der Waals surface area contributed by atoms with Crippen LogP contribution in [-0.4, -0.2) is 34.6 Å². The average molecular weight is 296 g/mol. The molecule has 2 nitrogen and oxygen atoms in total. The van der Waals surface area contributed by atoms with Crippen LogP contribution in [0.15, 0.2) is 12.3 Å². The second kappa shape index (κ2) is 7.38. The van der Waals surface area contributed by atoms with E-state index in [1.807, 2.05) is 6.20 Å². The molecular formula is C11H21InN2. The summed E-state index contributed by atoms with van der Waals surface area (Å²) < 4.78 is 0.824. The van der Waals surface area contributed by atoms with E-state index in [1.54, 1.807) is 0 Å². The van der Waals surface area contributed by atoms with E-state index < -0.39 is 0 Å². The molecule has 0 aliphatic heterocycles. The van der Waals surface area contributed by atoms with E-state index in [1.165, 1.54) is 44.2 Å². The van der Waals surface area contributed by atoms with Gasteiger partial charge in [-0.2, -0.15) is 0 Å². The first kappa shape index (κ1) is 12.2. The quantitative estimate of drug-likeness (QED) is 0.769. The van der Waals surface area contributed by atoms with Crippen LogP contribution in [0.2, 0.25) is 0 Å². The van der Waals surface area contributed by atoms with Gasteiger partial charge in [-0.05, 0) is 0 Å². The molecule has 0 saturated heterocycles. The molecule has 0 aliphatic carbocycles. The molecule has 0 aromatic carbocycles. The van der Waals surface area contributed by atoms with Gasteiger partial charge in [0.1, 0.15) is 0 Å². The second-order valence-electron chi connectivity index (χ2n) is 4.10. The van der Waals surface area contributed by atoms with Crippen LogP contribution in [0.25, 0.3) is 0 Å². The molecule has 78 valence electrons. The van der Waals surface area contributed by atoms with Gasteiger partial charge in [-0.1, -0.05) is 0 Å². The van der Waals surface area contributed by atoms with Crippen LogP contribution in [0, 0.1) is 0 Å². The van der Waals surface area contributed by atoms with Crippen LogP contribution < -0.4 is 0 Å². The third-order valence-corrected chi connectivity index (χ3v) is 6.10. The van der Waals surface area contributed by atoms with Crippen LogP contribution >= 0.6 is 0 Å². The number of nitrogens with zero attached hydrogens (tertiary/aromatic N) is 1. The molecule has 1 rings (SSSR count). The van der Waals surface area contributed by atoms with Crippen molar-refractivity contribution in [2.75, 3.05) is 0 Å². The van der Waals surface area contributed by atoms with Crippen molar-refractivity contribution >= 4 is 24.4 Å². The Morgan fingerprint density at radius 2 is 2.14 bits per heavy atom. The van der Waals surface area contributed by atoms with Crippen LogP contribution in [0.1, 0.15) is 54.8 Å². The number of hydrogen-bond acceptors (Lipinski definition) is 1. The minimum absolute atomic E-state index is 0.701. The summed E-state index contributed by atoms with van der Waals surface area (Å²) in [4.78, 5) is 0. The summed E-state index contributed by atoms with van der Waals surface area (Å²) >= 11 is 0.701. The molecule has 3 heteroatoms. The summed E-state index contributed by atoms with van der Waals surface area (Å²) in [6, 6.07) is 2.13. The van der Waals surface area contributed by atoms with Crippen LogP contribution in [0.3, 0.4) is 0 Å². The van der Waals surface area contributed by atoms with Crippen molar-refractivity contribution in [1.29, 1.82) is 0 Å². The fourth-order valence-electron chi connectivity index (χ4n) is 1.75. The van der Waals surface area contributed by atoms with Crippen molar-refractivity contribution in [2.45, 2.75) is 49.1 Å². The normalized spacial score (nSPS) is 12.9. The van der Waals surface area contributed by atoms with Crippen LogP contribution in [0.4, 0.5) is 0 Å². The summed E-state index contributed by atoms with van der Waals surface area (Å²) in [6.45, 7) is 2.27. The monoisotopic (exact) mass is 296 g/mol. The Kier molecular flexibility index (Phi) is 6.41. The van der Waals surface area contributed by atoms with Gasteiger partial charge in [0, 0.05) is 0 Å². The fraction of sp³-hybridized carbons (Fsp3) is 0.727. The van der Waals surface area contributed by atoms with Gasteiger partial charge < -0.3 is 0 Å². The predicted octanol–water partition coefficient (Wildman–Crippen LogP) is 2.44. The van der Waals surface area contributed by atoms with Crippen molar-refractivity contribution in [2.24, 2.45) is 0 Å². The number of nitrogens with one attached hydrogen (secondary N) is 1. The number of hydrogen-bond donors (Lipinski definition) is 1. The first-order chi connectivity index (χ1) is 6.84. The van der Waals surface area contributed by atoms with Crippen molar-refractivity contribution in [3.63, 3.8) is 0 Å². The summed E-state index contributed by atoms with van der Waals surface area (Å²) in [6.07, 6.45) is 10.3. The van der Waals surface area contributed by atoms with E-state index in [0.29, 0.717) is 24.4 Å². The Balaban J connectivity index is 2.07. The molecule has 0 radical (unpaired) electrons. The van der Waals surface area contributed by atoms with Gasteiger partial charge in [-0.15, -0.1) is 0 Å². The van der Waals surface area contributed by atoms with E-state index in [0.717, 1.165) is 3.67 Å². The minimum atomic E-state index is 0.701. The average Bonchev–Trinajstić information content (AvgIpc) is 2.70. The molecule has 0 aliphatic rings. The van der Waals surface area contributed by atoms with Crippen molar-refractivity contribution in [3.8, 4) is 0 Å². The molecule has 0 spiro atoms. The molecule has 0 amide bonds. The van der Waals surface area contributed by atoms with Crippen LogP contribution in [-0.2, 0) is 0 Å². The molecule has 1 heterocycles. The van der Waals surface area contributed by atoms with Gasteiger partial charge in [0.05, 0.1) is 0 Å². The predicted molar refractivity (Wildman–Crippen MR) is 63.2 cm³/mol. The molecule has 0 fully saturated rings. The standard InChI is InChI=1S/C11H19N2.In.2H/c1-2-3-4-5-6-7-8-11-9-10-12-13-11;;;/h8-10H,2-7H2,1H3,(H,12,13);;;. The summed E-state index contributed by atoms with van der Waals surface area (Å²) in [5.41, 5.74) is 1.30. The zero-order valence-electron chi connectivity index (χ0n) is 9.42. The van der Waals surface area contributed by atoms with Crippen molar-refractivity contribution in [1.82, 2.24) is 10.2 Å². The Labute approximate surface area is 101 Å². The second-order valence-corrected chi connectivity index (χ2v) is 8.08. The zero-order valence-corrected chi connectivity index (χ0v) is 15.1. The van der Waals surface area contributed by atoms with Crippen molar-refractivity contribution < 1.29 is 0 Å². The van der Waals surface area contributed by atoms with E-state index in [-0.39, 0.29) is 0 Å². The Bertz CT molecular complexity index is 221. The Morgan fingerprint density at radius 1 is 1.36 bits per heavy atom. The first-order valence-corrected chi connectivity index (χ1v) is 9.13. The maximum atomic E-state index is 4.26. The molecule has 0 bridgehead atoms. The number of aromatic nitrogens is 2. The van der Waals surface area contributed by atoms with E-state index in [9.17, 15) is 0 Å². The molecule has 1 N–H and O–H groups in total. The van der Waals surface area contributed by atoms with Gasteiger partial charge >= 0.3 is 102 Å². The van der Waals surface area contributed by atoms with Gasteiger partial charge in [0.2, 0.25) is 0 Å². The SMILES string of the molecule is CCCCCCC[CH]([InH2])c1cc[nH]n1. The molecule has 1 atom stereocenters. The Morgan fingerprint density at radius 3 is 2.79 bits per heavy atom. The molecule has 14 heavy (non-hydrogen) atoms. The third kappa shape index (κ3) is 4.54. The maximum absolute atomic E-state index is 4.26. The third-order valence-electron chi connectivity index (χ3n) is 2.77. The molecule has 0 saturated carbocycles. The topological polar surface area (TPSA) is 28.7 Å². The molecule has 1 unspecified atom stereocenters. The van der Waals surface area contributed by atoms with Crippen LogP contribution in [0.5, 0.6) is 0 Å². The van der Waals surface area contributed by atoms with E-state index >= 15 is 0 Å². The first-order valence-electron chi connectivity index (χ1n) is 5.84. The summed E-state index contributed by atoms with van der Waals surface area (Å²) in [7, 11) is 0. The van der Waals surface area contributed by atoms with Crippen molar-refractivity contribution in [3.05, 3.63) is 18.0 Å². The van der Waals surface area contributed by atoms with Gasteiger partial charge in [0.15, 0.2) is 0 Å². The van der Waals surface area contributed by atoms with Gasteiger partial charge in [0.25, 0.3) is 0 Å². The molecular weight excluding hydrogens is 275 g/mol. The summed E-state index contributed by atoms with van der Waals surface area (Å²) in [5.74, 6) is 0. The Hall–Kier alpha value is 0.0801. The number of aromatic amines is 1. The number of unbranched alkanes of at least 4 members (excludes halogenated alkanes) is 4. The van der Waals surface area contributed by atoms with E-state index in [4.69, 9.17) is 0 Å². The molecule has 1 aromatic rings. The number of H-pyrrole nitrogens is 1. The fourth-order valence-corrected chi connectivity index (χ4v) is 3.83. The zero-order chi connectivity index (χ0) is 10.2. The number of rotatable bonds is 7. The molecule has 1 aromatic heterocycles. The van der Waals surface area contributed by atoms with Gasteiger partial charge in [-0.25, -0.2) is 0 Å². The van der Waals surface area contributed by atoms with Gasteiger partial charge in [-0.3, -0.25) is 0 Å². The van der Waals surface area contributed by atoms with E-state index in [2.05, 4.69) is 23.2 Å².